The first kappa shape index (κ1) is 24.1. The fraction of sp³-hybridized carbons (Fsp3) is 0.267. The van der Waals surface area contributed by atoms with Gasteiger partial charge < -0.3 is 19.1 Å². The Bertz CT molecular complexity index is 1460. The zero-order chi connectivity index (χ0) is 26.1. The maximum Gasteiger partial charge on any atom is 0.272 e. The summed E-state index contributed by atoms with van der Waals surface area (Å²) in [6.45, 7) is 6.01. The molecular formula is C30H30N4O4. The number of amides is 1. The lowest BCUT2D eigenvalue weighted by Gasteiger charge is -2.34. The van der Waals surface area contributed by atoms with Gasteiger partial charge in [0.25, 0.3) is 5.91 Å². The molecule has 1 aromatic heterocycles. The fourth-order valence-electron chi connectivity index (χ4n) is 4.91. The molecule has 0 radical (unpaired) electrons. The summed E-state index contributed by atoms with van der Waals surface area (Å²) in [6, 6.07) is 23.8. The number of carbonyl (C=O) groups excluding carboxylic acids is 1. The maximum atomic E-state index is 13.8. The highest BCUT2D eigenvalue weighted by Gasteiger charge is 2.27. The summed E-state index contributed by atoms with van der Waals surface area (Å²) in [6.07, 6.45) is 0. The predicted octanol–water partition coefficient (Wildman–Crippen LogP) is 4.54. The number of hydrogen-bond acceptors (Lipinski definition) is 6. The summed E-state index contributed by atoms with van der Waals surface area (Å²) in [7, 11) is 1.64. The van der Waals surface area contributed by atoms with Crippen LogP contribution in [-0.2, 0) is 6.54 Å². The van der Waals surface area contributed by atoms with E-state index in [1.54, 1.807) is 11.8 Å². The molecular weight excluding hydrogens is 480 g/mol. The number of fused-ring (bicyclic) bond motifs is 1. The van der Waals surface area contributed by atoms with Crippen LogP contribution in [0.4, 0.5) is 0 Å². The van der Waals surface area contributed by atoms with Gasteiger partial charge in [-0.3, -0.25) is 9.69 Å². The molecule has 8 heteroatoms. The molecule has 6 rings (SSSR count). The molecule has 4 aromatic rings. The quantitative estimate of drug-likeness (QED) is 0.379. The topological polar surface area (TPSA) is 69.1 Å². The normalized spacial score (nSPS) is 15.1. The molecule has 0 spiro atoms. The highest BCUT2D eigenvalue weighted by atomic mass is 16.7. The molecule has 0 unspecified atom stereocenters. The van der Waals surface area contributed by atoms with E-state index in [-0.39, 0.29) is 12.7 Å². The second kappa shape index (κ2) is 10.2. The van der Waals surface area contributed by atoms with Gasteiger partial charge >= 0.3 is 0 Å². The number of hydrogen-bond donors (Lipinski definition) is 0. The van der Waals surface area contributed by atoms with Crippen molar-refractivity contribution in [3.8, 4) is 34.2 Å². The van der Waals surface area contributed by atoms with E-state index in [1.165, 1.54) is 5.56 Å². The molecule has 2 aliphatic rings. The van der Waals surface area contributed by atoms with Crippen LogP contribution in [0.2, 0.25) is 0 Å². The van der Waals surface area contributed by atoms with Crippen LogP contribution in [0, 0.1) is 6.92 Å². The molecule has 1 amide bonds. The van der Waals surface area contributed by atoms with Gasteiger partial charge in [-0.2, -0.15) is 5.10 Å². The number of methoxy groups -OCH3 is 1. The SMILES string of the molecule is COc1cccc(-c2cc(C(=O)N3CCN(Cc4ccc5c(c4)OCO5)CC3)n(-c3ccc(C)cc3)n2)c1. The average molecular weight is 511 g/mol. The molecule has 194 valence electrons. The molecule has 1 fully saturated rings. The van der Waals surface area contributed by atoms with Crippen LogP contribution in [0.25, 0.3) is 16.9 Å². The summed E-state index contributed by atoms with van der Waals surface area (Å²) in [4.78, 5) is 18.1. The van der Waals surface area contributed by atoms with Crippen LogP contribution in [0.15, 0.2) is 72.8 Å². The first-order valence-corrected chi connectivity index (χ1v) is 12.8. The van der Waals surface area contributed by atoms with Crippen molar-refractivity contribution in [1.82, 2.24) is 19.6 Å². The molecule has 0 aliphatic carbocycles. The minimum Gasteiger partial charge on any atom is -0.497 e. The Morgan fingerprint density at radius 2 is 1.71 bits per heavy atom. The third-order valence-corrected chi connectivity index (χ3v) is 7.08. The van der Waals surface area contributed by atoms with Crippen LogP contribution in [0.3, 0.4) is 0 Å². The molecule has 0 saturated carbocycles. The zero-order valence-corrected chi connectivity index (χ0v) is 21.6. The number of nitrogens with zero attached hydrogens (tertiary/aromatic N) is 4. The predicted molar refractivity (Wildman–Crippen MR) is 144 cm³/mol. The maximum absolute atomic E-state index is 13.8. The monoisotopic (exact) mass is 510 g/mol. The van der Waals surface area contributed by atoms with Crippen molar-refractivity contribution in [2.75, 3.05) is 40.1 Å². The van der Waals surface area contributed by atoms with Gasteiger partial charge in [0.2, 0.25) is 6.79 Å². The van der Waals surface area contributed by atoms with Crippen LogP contribution < -0.4 is 14.2 Å². The van der Waals surface area contributed by atoms with E-state index >= 15 is 0 Å². The number of ether oxygens (including phenoxy) is 3. The summed E-state index contributed by atoms with van der Waals surface area (Å²) in [5.41, 5.74) is 5.37. The number of rotatable bonds is 6. The first-order valence-electron chi connectivity index (χ1n) is 12.8. The minimum absolute atomic E-state index is 0.0186. The first-order chi connectivity index (χ1) is 18.6. The van der Waals surface area contributed by atoms with Crippen molar-refractivity contribution in [2.24, 2.45) is 0 Å². The fourth-order valence-corrected chi connectivity index (χ4v) is 4.91. The lowest BCUT2D eigenvalue weighted by molar-refractivity contribution is 0.0619. The Labute approximate surface area is 222 Å². The number of carbonyl (C=O) groups is 1. The molecule has 8 nitrogen and oxygen atoms in total. The molecule has 2 aliphatic heterocycles. The lowest BCUT2D eigenvalue weighted by Crippen LogP contribution is -2.48. The Hall–Kier alpha value is -4.30. The van der Waals surface area contributed by atoms with Crippen molar-refractivity contribution in [3.63, 3.8) is 0 Å². The van der Waals surface area contributed by atoms with E-state index in [0.717, 1.165) is 59.4 Å². The van der Waals surface area contributed by atoms with E-state index in [4.69, 9.17) is 19.3 Å². The summed E-state index contributed by atoms with van der Waals surface area (Å²) < 4.78 is 18.1. The third kappa shape index (κ3) is 4.82. The summed E-state index contributed by atoms with van der Waals surface area (Å²) >= 11 is 0. The highest BCUT2D eigenvalue weighted by molar-refractivity contribution is 5.94. The van der Waals surface area contributed by atoms with Crippen molar-refractivity contribution in [1.29, 1.82) is 0 Å². The van der Waals surface area contributed by atoms with Gasteiger partial charge in [-0.15, -0.1) is 0 Å². The van der Waals surface area contributed by atoms with Crippen molar-refractivity contribution < 1.29 is 19.0 Å². The Morgan fingerprint density at radius 3 is 2.50 bits per heavy atom. The Morgan fingerprint density at radius 1 is 0.921 bits per heavy atom. The average Bonchev–Trinajstić information content (AvgIpc) is 3.61. The van der Waals surface area contributed by atoms with Crippen LogP contribution >= 0.6 is 0 Å². The lowest BCUT2D eigenvalue weighted by atomic mass is 10.1. The number of benzene rings is 3. The van der Waals surface area contributed by atoms with Gasteiger partial charge in [-0.1, -0.05) is 35.9 Å². The van der Waals surface area contributed by atoms with Gasteiger partial charge in [0, 0.05) is 38.3 Å². The van der Waals surface area contributed by atoms with E-state index in [2.05, 4.69) is 11.0 Å². The Balaban J connectivity index is 1.21. The molecule has 1 saturated heterocycles. The van der Waals surface area contributed by atoms with Gasteiger partial charge in [0.15, 0.2) is 11.5 Å². The number of aryl methyl sites for hydroxylation is 1. The van der Waals surface area contributed by atoms with Crippen LogP contribution in [0.5, 0.6) is 17.2 Å². The van der Waals surface area contributed by atoms with E-state index in [9.17, 15) is 4.79 Å². The van der Waals surface area contributed by atoms with Gasteiger partial charge in [0.05, 0.1) is 18.5 Å². The number of piperazine rings is 1. The second-order valence-corrected chi connectivity index (χ2v) is 9.65. The van der Waals surface area contributed by atoms with Gasteiger partial charge in [0.1, 0.15) is 11.4 Å². The van der Waals surface area contributed by atoms with E-state index in [1.807, 2.05) is 78.6 Å². The Kier molecular flexibility index (Phi) is 6.47. The van der Waals surface area contributed by atoms with E-state index in [0.29, 0.717) is 18.8 Å². The van der Waals surface area contributed by atoms with Gasteiger partial charge in [-0.25, -0.2) is 4.68 Å². The van der Waals surface area contributed by atoms with Gasteiger partial charge in [-0.05, 0) is 55.0 Å². The zero-order valence-electron chi connectivity index (χ0n) is 21.6. The summed E-state index contributed by atoms with van der Waals surface area (Å²) in [5.74, 6) is 2.32. The minimum atomic E-state index is -0.0186. The summed E-state index contributed by atoms with van der Waals surface area (Å²) in [5, 5.41) is 4.85. The molecule has 0 bridgehead atoms. The smallest absolute Gasteiger partial charge is 0.272 e. The molecule has 3 aromatic carbocycles. The number of aromatic nitrogens is 2. The van der Waals surface area contributed by atoms with Crippen LogP contribution in [0.1, 0.15) is 21.6 Å². The molecule has 3 heterocycles. The van der Waals surface area contributed by atoms with Crippen LogP contribution in [-0.4, -0.2) is 65.6 Å². The molecule has 0 atom stereocenters. The van der Waals surface area contributed by atoms with Crippen molar-refractivity contribution in [3.05, 3.63) is 89.6 Å². The third-order valence-electron chi connectivity index (χ3n) is 7.08. The van der Waals surface area contributed by atoms with Crippen molar-refractivity contribution in [2.45, 2.75) is 13.5 Å². The van der Waals surface area contributed by atoms with E-state index < -0.39 is 0 Å². The highest BCUT2D eigenvalue weighted by Crippen LogP contribution is 2.33. The van der Waals surface area contributed by atoms with Crippen molar-refractivity contribution >= 4 is 5.91 Å². The largest absolute Gasteiger partial charge is 0.497 e. The molecule has 0 N–H and O–H groups in total. The second-order valence-electron chi connectivity index (χ2n) is 9.65. The standard InChI is InChI=1S/C30H30N4O4/c1-21-6-9-24(10-7-21)34-27(18-26(31-34)23-4-3-5-25(17-23)36-2)30(35)33-14-12-32(13-15-33)19-22-8-11-28-29(16-22)38-20-37-28/h3-11,16-18H,12-15,19-20H2,1-2H3. The molecule has 38 heavy (non-hydrogen) atoms.